The molecule has 0 heterocycles. The summed E-state index contributed by atoms with van der Waals surface area (Å²) in [7, 11) is 3.32. The van der Waals surface area contributed by atoms with Crippen LogP contribution in [0, 0.1) is 11.6 Å². The molecule has 0 radical (unpaired) electrons. The lowest BCUT2D eigenvalue weighted by molar-refractivity contribution is -0.127. The number of rotatable bonds is 6. The van der Waals surface area contributed by atoms with Crippen molar-refractivity contribution >= 4 is 35.8 Å². The number of carbonyl (C=O) groups excluding carboxylic acids is 1. The number of hydrogen-bond acceptors (Lipinski definition) is 2. The van der Waals surface area contributed by atoms with E-state index < -0.39 is 11.6 Å². The highest BCUT2D eigenvalue weighted by Gasteiger charge is 2.06. The molecular formula is C15H23F2IN4O. The normalized spacial score (nSPS) is 10.7. The summed E-state index contributed by atoms with van der Waals surface area (Å²) >= 11 is 0. The van der Waals surface area contributed by atoms with Crippen LogP contribution in [0.15, 0.2) is 23.2 Å². The largest absolute Gasteiger partial charge is 0.357 e. The Balaban J connectivity index is 0.00000484. The molecule has 0 spiro atoms. The number of nitrogens with one attached hydrogen (secondary N) is 2. The maximum absolute atomic E-state index is 13.5. The Labute approximate surface area is 152 Å². The maximum atomic E-state index is 13.5. The average molecular weight is 440 g/mol. The molecule has 0 unspecified atom stereocenters. The average Bonchev–Trinajstić information content (AvgIpc) is 2.47. The summed E-state index contributed by atoms with van der Waals surface area (Å²) in [5.74, 6) is -0.552. The van der Waals surface area contributed by atoms with E-state index in [1.807, 2.05) is 6.92 Å². The van der Waals surface area contributed by atoms with Gasteiger partial charge in [0, 0.05) is 27.2 Å². The van der Waals surface area contributed by atoms with E-state index in [2.05, 4.69) is 15.6 Å². The van der Waals surface area contributed by atoms with Gasteiger partial charge in [0.15, 0.2) is 5.96 Å². The Bertz CT molecular complexity index is 538. The molecule has 5 nitrogen and oxygen atoms in total. The van der Waals surface area contributed by atoms with Crippen LogP contribution < -0.4 is 10.6 Å². The summed E-state index contributed by atoms with van der Waals surface area (Å²) in [6, 6.07) is 3.38. The van der Waals surface area contributed by atoms with Gasteiger partial charge in [-0.1, -0.05) is 0 Å². The number of hydrogen-bond donors (Lipinski definition) is 2. The van der Waals surface area contributed by atoms with Gasteiger partial charge in [-0.05, 0) is 37.1 Å². The third kappa shape index (κ3) is 8.10. The predicted octanol–water partition coefficient (Wildman–Crippen LogP) is 1.77. The molecule has 1 rings (SSSR count). The summed E-state index contributed by atoms with van der Waals surface area (Å²) in [5.41, 5.74) is 0.299. The highest BCUT2D eigenvalue weighted by molar-refractivity contribution is 14.0. The van der Waals surface area contributed by atoms with E-state index in [9.17, 15) is 13.6 Å². The zero-order valence-corrected chi connectivity index (χ0v) is 15.9. The van der Waals surface area contributed by atoms with Crippen molar-refractivity contribution < 1.29 is 13.6 Å². The predicted molar refractivity (Wildman–Crippen MR) is 98.2 cm³/mol. The topological polar surface area (TPSA) is 56.7 Å². The van der Waals surface area contributed by atoms with Gasteiger partial charge in [0.25, 0.3) is 0 Å². The zero-order valence-electron chi connectivity index (χ0n) is 13.5. The summed E-state index contributed by atoms with van der Waals surface area (Å²) < 4.78 is 26.6. The number of carbonyl (C=O) groups is 1. The van der Waals surface area contributed by atoms with Crippen LogP contribution in [0.25, 0.3) is 0 Å². The molecular weight excluding hydrogens is 417 g/mol. The highest BCUT2D eigenvalue weighted by atomic mass is 127. The Kier molecular flexibility index (Phi) is 10.4. The minimum absolute atomic E-state index is 0. The third-order valence-corrected chi connectivity index (χ3v) is 2.91. The number of benzene rings is 1. The molecule has 0 atom stereocenters. The molecule has 130 valence electrons. The lowest BCUT2D eigenvalue weighted by atomic mass is 10.1. The van der Waals surface area contributed by atoms with Crippen molar-refractivity contribution in [2.45, 2.75) is 13.3 Å². The van der Waals surface area contributed by atoms with Crippen molar-refractivity contribution in [1.82, 2.24) is 15.5 Å². The van der Waals surface area contributed by atoms with Crippen LogP contribution in [-0.4, -0.2) is 50.5 Å². The fourth-order valence-electron chi connectivity index (χ4n) is 1.68. The van der Waals surface area contributed by atoms with E-state index in [0.717, 1.165) is 12.1 Å². The third-order valence-electron chi connectivity index (χ3n) is 2.91. The molecule has 0 fully saturated rings. The van der Waals surface area contributed by atoms with E-state index >= 15 is 0 Å². The Morgan fingerprint density at radius 3 is 2.57 bits per heavy atom. The van der Waals surface area contributed by atoms with Crippen LogP contribution in [0.2, 0.25) is 0 Å². The Hall–Kier alpha value is -1.45. The van der Waals surface area contributed by atoms with E-state index in [1.54, 1.807) is 14.1 Å². The van der Waals surface area contributed by atoms with Gasteiger partial charge in [0.05, 0.1) is 0 Å². The molecule has 8 heteroatoms. The lowest BCUT2D eigenvalue weighted by Gasteiger charge is -2.13. The van der Waals surface area contributed by atoms with Crippen LogP contribution in [0.5, 0.6) is 0 Å². The molecule has 0 aliphatic carbocycles. The maximum Gasteiger partial charge on any atom is 0.243 e. The first kappa shape index (κ1) is 21.6. The van der Waals surface area contributed by atoms with Crippen molar-refractivity contribution in [3.8, 4) is 0 Å². The Morgan fingerprint density at radius 2 is 1.96 bits per heavy atom. The van der Waals surface area contributed by atoms with Gasteiger partial charge in [0.1, 0.15) is 18.2 Å². The first-order valence-electron chi connectivity index (χ1n) is 7.10. The van der Waals surface area contributed by atoms with E-state index in [4.69, 9.17) is 0 Å². The number of amides is 1. The number of nitrogens with zero attached hydrogens (tertiary/aromatic N) is 2. The highest BCUT2D eigenvalue weighted by Crippen LogP contribution is 2.09. The molecule has 0 saturated carbocycles. The van der Waals surface area contributed by atoms with Crippen LogP contribution in [0.3, 0.4) is 0 Å². The lowest BCUT2D eigenvalue weighted by Crippen LogP contribution is -2.39. The monoisotopic (exact) mass is 440 g/mol. The zero-order chi connectivity index (χ0) is 16.5. The van der Waals surface area contributed by atoms with Crippen molar-refractivity contribution in [3.05, 3.63) is 35.4 Å². The molecule has 23 heavy (non-hydrogen) atoms. The van der Waals surface area contributed by atoms with Crippen LogP contribution in [0.1, 0.15) is 12.5 Å². The molecule has 1 aromatic carbocycles. The van der Waals surface area contributed by atoms with Crippen molar-refractivity contribution in [1.29, 1.82) is 0 Å². The summed E-state index contributed by atoms with van der Waals surface area (Å²) in [6.45, 7) is 2.94. The molecule has 0 bridgehead atoms. The number of aliphatic imine (C=N–C) groups is 1. The summed E-state index contributed by atoms with van der Waals surface area (Å²) in [5, 5.41) is 5.98. The molecule has 0 aliphatic heterocycles. The SMILES string of the molecule is CCNC(=NCC(=O)N(C)C)NCCc1cc(F)ccc1F.I. The van der Waals surface area contributed by atoms with Crippen LogP contribution in [0.4, 0.5) is 8.78 Å². The van der Waals surface area contributed by atoms with Crippen LogP contribution >= 0.6 is 24.0 Å². The number of guanidine groups is 1. The van der Waals surface area contributed by atoms with E-state index in [1.165, 1.54) is 11.0 Å². The standard InChI is InChI=1S/C15H22F2N4O.HI/c1-4-18-15(20-10-14(22)21(2)3)19-8-7-11-9-12(16)5-6-13(11)17;/h5-6,9H,4,7-8,10H2,1-3H3,(H2,18,19,20);1H. The second-order valence-corrected chi connectivity index (χ2v) is 4.90. The van der Waals surface area contributed by atoms with Crippen molar-refractivity contribution in [2.75, 3.05) is 33.7 Å². The van der Waals surface area contributed by atoms with Crippen molar-refractivity contribution in [2.24, 2.45) is 4.99 Å². The van der Waals surface area contributed by atoms with Crippen LogP contribution in [-0.2, 0) is 11.2 Å². The van der Waals surface area contributed by atoms with Gasteiger partial charge in [0.2, 0.25) is 5.91 Å². The Morgan fingerprint density at radius 1 is 1.26 bits per heavy atom. The summed E-state index contributed by atoms with van der Waals surface area (Å²) in [4.78, 5) is 17.1. The minimum atomic E-state index is -0.464. The number of likely N-dealkylation sites (N-methyl/N-ethyl adjacent to an activating group) is 1. The smallest absolute Gasteiger partial charge is 0.243 e. The molecule has 0 aliphatic rings. The second kappa shape index (κ2) is 11.1. The van der Waals surface area contributed by atoms with Gasteiger partial charge in [-0.3, -0.25) is 4.79 Å². The molecule has 1 amide bonds. The van der Waals surface area contributed by atoms with Gasteiger partial charge in [-0.25, -0.2) is 13.8 Å². The quantitative estimate of drug-likeness (QED) is 0.403. The van der Waals surface area contributed by atoms with Gasteiger partial charge in [-0.2, -0.15) is 0 Å². The second-order valence-electron chi connectivity index (χ2n) is 4.90. The van der Waals surface area contributed by atoms with E-state index in [-0.39, 0.29) is 36.4 Å². The van der Waals surface area contributed by atoms with Crippen molar-refractivity contribution in [3.63, 3.8) is 0 Å². The van der Waals surface area contributed by atoms with Gasteiger partial charge in [-0.15, -0.1) is 24.0 Å². The van der Waals surface area contributed by atoms with E-state index in [0.29, 0.717) is 31.0 Å². The molecule has 0 aromatic heterocycles. The fraction of sp³-hybridized carbons (Fsp3) is 0.467. The minimum Gasteiger partial charge on any atom is -0.357 e. The number of halogens is 3. The first-order valence-corrected chi connectivity index (χ1v) is 7.10. The first-order chi connectivity index (χ1) is 10.4. The molecule has 1 aromatic rings. The molecule has 0 saturated heterocycles. The summed E-state index contributed by atoms with van der Waals surface area (Å²) in [6.07, 6.45) is 0.315. The molecule has 2 N–H and O–H groups in total. The van der Waals surface area contributed by atoms with Gasteiger partial charge >= 0.3 is 0 Å². The fourth-order valence-corrected chi connectivity index (χ4v) is 1.68. The van der Waals surface area contributed by atoms with Gasteiger partial charge < -0.3 is 15.5 Å².